The molecule has 0 unspecified atom stereocenters. The highest BCUT2D eigenvalue weighted by Crippen LogP contribution is 2.48. The van der Waals surface area contributed by atoms with Gasteiger partial charge in [0.05, 0.1) is 0 Å². The fraction of sp³-hybridized carbons (Fsp3) is 0.391. The first kappa shape index (κ1) is 14.8. The zero-order valence-corrected chi connectivity index (χ0v) is 14.1. The molecule has 0 atom stereocenters. The second kappa shape index (κ2) is 6.00. The van der Waals surface area contributed by atoms with E-state index in [0.29, 0.717) is 5.41 Å². The van der Waals surface area contributed by atoms with E-state index in [9.17, 15) is 0 Å². The Bertz CT molecular complexity index is 715. The number of hydrogen-bond donors (Lipinski definition) is 0. The Hall–Kier alpha value is -1.82. The van der Waals surface area contributed by atoms with E-state index in [1.807, 2.05) is 0 Å². The highest BCUT2D eigenvalue weighted by molar-refractivity contribution is 5.80. The van der Waals surface area contributed by atoms with Gasteiger partial charge >= 0.3 is 0 Å². The lowest BCUT2D eigenvalue weighted by Crippen LogP contribution is -2.15. The molecule has 4 rings (SSSR count). The van der Waals surface area contributed by atoms with Crippen LogP contribution >= 0.6 is 0 Å². The molecule has 0 nitrogen and oxygen atoms in total. The van der Waals surface area contributed by atoms with Crippen LogP contribution in [0.1, 0.15) is 56.6 Å². The van der Waals surface area contributed by atoms with Gasteiger partial charge in [-0.25, -0.2) is 0 Å². The third kappa shape index (κ3) is 2.76. The molecule has 1 fully saturated rings. The highest BCUT2D eigenvalue weighted by Gasteiger charge is 2.33. The summed E-state index contributed by atoms with van der Waals surface area (Å²) in [6, 6.07) is 17.6. The Morgan fingerprint density at radius 2 is 1.70 bits per heavy atom. The normalized spacial score (nSPS) is 18.7. The molecule has 0 bridgehead atoms. The summed E-state index contributed by atoms with van der Waals surface area (Å²) < 4.78 is 0. The van der Waals surface area contributed by atoms with Crippen molar-refractivity contribution in [2.24, 2.45) is 5.41 Å². The van der Waals surface area contributed by atoms with Gasteiger partial charge in [0.25, 0.3) is 0 Å². The monoisotopic (exact) mass is 302 g/mol. The fourth-order valence-corrected chi connectivity index (χ4v) is 4.68. The quantitative estimate of drug-likeness (QED) is 0.593. The Kier molecular flexibility index (Phi) is 3.85. The van der Waals surface area contributed by atoms with Crippen LogP contribution in [0, 0.1) is 5.41 Å². The summed E-state index contributed by atoms with van der Waals surface area (Å²) in [4.78, 5) is 0. The number of benzene rings is 2. The molecule has 23 heavy (non-hydrogen) atoms. The molecule has 118 valence electrons. The van der Waals surface area contributed by atoms with Crippen molar-refractivity contribution in [3.63, 3.8) is 0 Å². The standard InChI is InChI=1S/C23H26/c1-2-23(13-6-7-14-23)17-18-15-20-11-8-12-21(22(20)16-18)19-9-4-3-5-10-19/h3-5,8-12,16H,2,6-7,13-15,17H2,1H3. The first-order valence-electron chi connectivity index (χ1n) is 9.16. The number of fused-ring (bicyclic) bond motifs is 1. The molecule has 0 heteroatoms. The molecule has 0 N–H and O–H groups in total. The fourth-order valence-electron chi connectivity index (χ4n) is 4.68. The topological polar surface area (TPSA) is 0 Å². The van der Waals surface area contributed by atoms with E-state index in [2.05, 4.69) is 61.5 Å². The van der Waals surface area contributed by atoms with Crippen LogP contribution in [0.5, 0.6) is 0 Å². The number of hydrogen-bond acceptors (Lipinski definition) is 0. The third-order valence-electron chi connectivity index (χ3n) is 6.06. The average Bonchev–Trinajstić information content (AvgIpc) is 3.22. The van der Waals surface area contributed by atoms with Crippen molar-refractivity contribution in [3.05, 3.63) is 65.2 Å². The van der Waals surface area contributed by atoms with Gasteiger partial charge in [-0.05, 0) is 53.4 Å². The molecule has 2 aromatic rings. The molecule has 2 aliphatic carbocycles. The zero-order chi connectivity index (χ0) is 15.7. The lowest BCUT2D eigenvalue weighted by molar-refractivity contribution is 0.281. The molecule has 2 aromatic carbocycles. The summed E-state index contributed by atoms with van der Waals surface area (Å²) >= 11 is 0. The van der Waals surface area contributed by atoms with Gasteiger partial charge in [-0.3, -0.25) is 0 Å². The van der Waals surface area contributed by atoms with Gasteiger partial charge < -0.3 is 0 Å². The lowest BCUT2D eigenvalue weighted by Gasteiger charge is -2.28. The molecule has 1 saturated carbocycles. The predicted octanol–water partition coefficient (Wildman–Crippen LogP) is 6.65. The largest absolute Gasteiger partial charge is 0.0648 e. The molecule has 0 spiro atoms. The number of rotatable bonds is 4. The second-order valence-electron chi connectivity index (χ2n) is 7.46. The van der Waals surface area contributed by atoms with Gasteiger partial charge in [0.1, 0.15) is 0 Å². The Balaban J connectivity index is 1.66. The summed E-state index contributed by atoms with van der Waals surface area (Å²) in [6.07, 6.45) is 12.1. The predicted molar refractivity (Wildman–Crippen MR) is 99.4 cm³/mol. The van der Waals surface area contributed by atoms with E-state index in [1.54, 1.807) is 5.57 Å². The van der Waals surface area contributed by atoms with Gasteiger partial charge in [-0.15, -0.1) is 0 Å². The van der Waals surface area contributed by atoms with E-state index in [0.717, 1.165) is 6.42 Å². The van der Waals surface area contributed by atoms with Gasteiger partial charge in [-0.1, -0.05) is 86.4 Å². The molecular weight excluding hydrogens is 276 g/mol. The minimum Gasteiger partial charge on any atom is -0.0648 e. The second-order valence-corrected chi connectivity index (χ2v) is 7.46. The maximum atomic E-state index is 2.51. The van der Waals surface area contributed by atoms with E-state index in [1.165, 1.54) is 60.8 Å². The first-order chi connectivity index (χ1) is 11.3. The van der Waals surface area contributed by atoms with Crippen molar-refractivity contribution >= 4 is 6.08 Å². The summed E-state index contributed by atoms with van der Waals surface area (Å²) in [5.41, 5.74) is 7.99. The Morgan fingerprint density at radius 1 is 0.913 bits per heavy atom. The van der Waals surface area contributed by atoms with E-state index in [4.69, 9.17) is 0 Å². The van der Waals surface area contributed by atoms with Gasteiger partial charge in [0.2, 0.25) is 0 Å². The molecule has 0 radical (unpaired) electrons. The van der Waals surface area contributed by atoms with Gasteiger partial charge in [0, 0.05) is 0 Å². The van der Waals surface area contributed by atoms with Crippen molar-refractivity contribution in [1.82, 2.24) is 0 Å². The molecule has 0 saturated heterocycles. The van der Waals surface area contributed by atoms with Crippen molar-refractivity contribution in [3.8, 4) is 11.1 Å². The molecule has 0 heterocycles. The van der Waals surface area contributed by atoms with Crippen LogP contribution in [0.15, 0.2) is 54.1 Å². The van der Waals surface area contributed by atoms with Crippen LogP contribution in [0.4, 0.5) is 0 Å². The SMILES string of the molecule is CCC1(CC2=Cc3c(cccc3-c3ccccc3)C2)CCCC1. The van der Waals surface area contributed by atoms with Crippen molar-refractivity contribution in [2.45, 2.75) is 51.9 Å². The van der Waals surface area contributed by atoms with Crippen LogP contribution in [0.25, 0.3) is 17.2 Å². The summed E-state index contributed by atoms with van der Waals surface area (Å²) in [6.45, 7) is 2.39. The van der Waals surface area contributed by atoms with Gasteiger partial charge in [0.15, 0.2) is 0 Å². The maximum Gasteiger partial charge on any atom is -0.00574 e. The zero-order valence-electron chi connectivity index (χ0n) is 14.1. The van der Waals surface area contributed by atoms with Crippen LogP contribution in [0.2, 0.25) is 0 Å². The Labute approximate surface area is 140 Å². The summed E-state index contributed by atoms with van der Waals surface area (Å²) in [5.74, 6) is 0. The van der Waals surface area contributed by atoms with Crippen LogP contribution in [0.3, 0.4) is 0 Å². The smallest absolute Gasteiger partial charge is 0.00574 e. The first-order valence-corrected chi connectivity index (χ1v) is 9.16. The minimum atomic E-state index is 0.598. The van der Waals surface area contributed by atoms with Crippen molar-refractivity contribution in [1.29, 1.82) is 0 Å². The lowest BCUT2D eigenvalue weighted by atomic mass is 9.77. The molecular formula is C23H26. The summed E-state index contributed by atoms with van der Waals surface area (Å²) in [5, 5.41) is 0. The van der Waals surface area contributed by atoms with Crippen molar-refractivity contribution in [2.75, 3.05) is 0 Å². The van der Waals surface area contributed by atoms with Crippen molar-refractivity contribution < 1.29 is 0 Å². The Morgan fingerprint density at radius 3 is 2.43 bits per heavy atom. The highest BCUT2D eigenvalue weighted by atomic mass is 14.4. The molecule has 0 aliphatic heterocycles. The van der Waals surface area contributed by atoms with Crippen LogP contribution in [-0.2, 0) is 6.42 Å². The third-order valence-corrected chi connectivity index (χ3v) is 6.06. The average molecular weight is 302 g/mol. The molecule has 0 amide bonds. The van der Waals surface area contributed by atoms with Gasteiger partial charge in [-0.2, -0.15) is 0 Å². The minimum absolute atomic E-state index is 0.598. The van der Waals surface area contributed by atoms with E-state index < -0.39 is 0 Å². The van der Waals surface area contributed by atoms with Crippen LogP contribution < -0.4 is 0 Å². The number of allylic oxidation sites excluding steroid dienone is 1. The van der Waals surface area contributed by atoms with E-state index in [-0.39, 0.29) is 0 Å². The summed E-state index contributed by atoms with van der Waals surface area (Å²) in [7, 11) is 0. The van der Waals surface area contributed by atoms with E-state index >= 15 is 0 Å². The molecule has 2 aliphatic rings. The maximum absolute atomic E-state index is 2.51. The van der Waals surface area contributed by atoms with Crippen LogP contribution in [-0.4, -0.2) is 0 Å². The molecule has 0 aromatic heterocycles.